The minimum Gasteiger partial charge on any atom is -0.383 e. The summed E-state index contributed by atoms with van der Waals surface area (Å²) in [5.41, 5.74) is 8.97. The molecule has 0 unspecified atom stereocenters. The van der Waals surface area contributed by atoms with Gasteiger partial charge in [-0.2, -0.15) is 0 Å². The molecule has 2 aromatic carbocycles. The van der Waals surface area contributed by atoms with Crippen LogP contribution in [0.1, 0.15) is 46.0 Å². The first-order chi connectivity index (χ1) is 12.3. The smallest absolute Gasteiger partial charge is 0.248 e. The number of benzene rings is 2. The number of carbonyl (C=O) groups is 1. The maximum absolute atomic E-state index is 12.2. The third kappa shape index (κ3) is 2.19. The summed E-state index contributed by atoms with van der Waals surface area (Å²) in [5, 5.41) is 12.2. The Morgan fingerprint density at radius 1 is 1.27 bits per heavy atom. The van der Waals surface area contributed by atoms with Gasteiger partial charge in [-0.05, 0) is 62.2 Å². The Hall–Kier alpha value is -2.17. The third-order valence-electron chi connectivity index (χ3n) is 6.68. The topological polar surface area (TPSA) is 66.6 Å². The molecule has 0 aromatic heterocycles. The minimum absolute atomic E-state index is 0.0421. The SMILES string of the molecule is Cc1ccc2c(c1)[C@@]1(C)CCN(C)[C@H](C2)[C@]1(O)c1cccc(C(N)=O)c1. The summed E-state index contributed by atoms with van der Waals surface area (Å²) < 4.78 is 0. The molecule has 1 saturated heterocycles. The lowest BCUT2D eigenvalue weighted by molar-refractivity contribution is -0.141. The van der Waals surface area contributed by atoms with E-state index in [1.807, 2.05) is 12.1 Å². The molecule has 2 aromatic rings. The van der Waals surface area contributed by atoms with Gasteiger partial charge in [-0.15, -0.1) is 0 Å². The molecule has 3 N–H and O–H groups in total. The Morgan fingerprint density at radius 2 is 2.04 bits per heavy atom. The van der Waals surface area contributed by atoms with Crippen LogP contribution in [0.2, 0.25) is 0 Å². The van der Waals surface area contributed by atoms with Crippen LogP contribution < -0.4 is 5.73 Å². The molecule has 4 heteroatoms. The molecule has 0 radical (unpaired) electrons. The number of hydrogen-bond donors (Lipinski definition) is 2. The van der Waals surface area contributed by atoms with Crippen molar-refractivity contribution in [1.82, 2.24) is 4.90 Å². The minimum atomic E-state index is -1.08. The van der Waals surface area contributed by atoms with E-state index in [1.165, 1.54) is 16.7 Å². The second-order valence-corrected chi connectivity index (χ2v) is 8.15. The molecule has 2 aliphatic rings. The molecule has 1 aliphatic heterocycles. The number of hydrogen-bond acceptors (Lipinski definition) is 3. The van der Waals surface area contributed by atoms with Crippen LogP contribution in [0.5, 0.6) is 0 Å². The monoisotopic (exact) mass is 350 g/mol. The molecule has 3 atom stereocenters. The second kappa shape index (κ2) is 5.66. The Kier molecular flexibility index (Phi) is 3.76. The molecule has 0 saturated carbocycles. The van der Waals surface area contributed by atoms with Crippen LogP contribution in [0, 0.1) is 6.92 Å². The van der Waals surface area contributed by atoms with Crippen molar-refractivity contribution >= 4 is 5.91 Å². The molecule has 26 heavy (non-hydrogen) atoms. The van der Waals surface area contributed by atoms with Crippen molar-refractivity contribution in [3.63, 3.8) is 0 Å². The summed E-state index contributed by atoms with van der Waals surface area (Å²) >= 11 is 0. The summed E-state index contributed by atoms with van der Waals surface area (Å²) in [5.74, 6) is -0.467. The largest absolute Gasteiger partial charge is 0.383 e. The molecular weight excluding hydrogens is 324 g/mol. The van der Waals surface area contributed by atoms with Crippen LogP contribution >= 0.6 is 0 Å². The van der Waals surface area contributed by atoms with Gasteiger partial charge in [-0.3, -0.25) is 9.69 Å². The summed E-state index contributed by atoms with van der Waals surface area (Å²) in [6.45, 7) is 5.20. The zero-order chi connectivity index (χ0) is 18.7. The lowest BCUT2D eigenvalue weighted by Gasteiger charge is -2.60. The van der Waals surface area contributed by atoms with Gasteiger partial charge in [0.15, 0.2) is 0 Å². The molecule has 1 heterocycles. The first-order valence-corrected chi connectivity index (χ1v) is 9.20. The highest BCUT2D eigenvalue weighted by Crippen LogP contribution is 2.55. The molecule has 1 aliphatic carbocycles. The van der Waals surface area contributed by atoms with Crippen LogP contribution in [0.4, 0.5) is 0 Å². The maximum atomic E-state index is 12.2. The van der Waals surface area contributed by atoms with E-state index in [0.717, 1.165) is 24.9 Å². The molecule has 1 amide bonds. The fraction of sp³-hybridized carbons (Fsp3) is 0.409. The lowest BCUT2D eigenvalue weighted by atomic mass is 9.53. The van der Waals surface area contributed by atoms with E-state index in [2.05, 4.69) is 44.0 Å². The normalized spacial score (nSPS) is 30.7. The predicted molar refractivity (Wildman–Crippen MR) is 102 cm³/mol. The predicted octanol–water partition coefficient (Wildman–Crippen LogP) is 2.50. The fourth-order valence-electron chi connectivity index (χ4n) is 5.09. The van der Waals surface area contributed by atoms with Gasteiger partial charge in [0.1, 0.15) is 5.60 Å². The van der Waals surface area contributed by atoms with E-state index in [4.69, 9.17) is 5.73 Å². The fourth-order valence-corrected chi connectivity index (χ4v) is 5.09. The van der Waals surface area contributed by atoms with Gasteiger partial charge in [0.25, 0.3) is 0 Å². The first-order valence-electron chi connectivity index (χ1n) is 9.20. The van der Waals surface area contributed by atoms with Crippen molar-refractivity contribution in [2.75, 3.05) is 13.6 Å². The van der Waals surface area contributed by atoms with E-state index in [0.29, 0.717) is 5.56 Å². The summed E-state index contributed by atoms with van der Waals surface area (Å²) in [6.07, 6.45) is 1.65. The van der Waals surface area contributed by atoms with E-state index in [-0.39, 0.29) is 6.04 Å². The molecule has 136 valence electrons. The van der Waals surface area contributed by atoms with Gasteiger partial charge in [-0.25, -0.2) is 0 Å². The second-order valence-electron chi connectivity index (χ2n) is 8.15. The van der Waals surface area contributed by atoms with Crippen LogP contribution in [0.3, 0.4) is 0 Å². The average Bonchev–Trinajstić information content (AvgIpc) is 2.62. The summed E-state index contributed by atoms with van der Waals surface area (Å²) in [6, 6.07) is 13.8. The van der Waals surface area contributed by atoms with Crippen LogP contribution in [-0.4, -0.2) is 35.5 Å². The van der Waals surface area contributed by atoms with Crippen molar-refractivity contribution in [1.29, 1.82) is 0 Å². The van der Waals surface area contributed by atoms with Gasteiger partial charge < -0.3 is 10.8 Å². The highest BCUT2D eigenvalue weighted by Gasteiger charge is 2.60. The standard InChI is InChI=1S/C22H26N2O2/c1-14-7-8-15-13-19-22(26,17-6-4-5-16(12-17)20(23)25)21(2,18(15)11-14)9-10-24(19)3/h4-8,11-12,19,26H,9-10,13H2,1-3H3,(H2,23,25)/t19-,21-,22-/m1/s1. The number of nitrogens with zero attached hydrogens (tertiary/aromatic N) is 1. The number of aliphatic hydroxyl groups is 1. The van der Waals surface area contributed by atoms with E-state index < -0.39 is 16.9 Å². The van der Waals surface area contributed by atoms with E-state index in [9.17, 15) is 9.90 Å². The van der Waals surface area contributed by atoms with Crippen molar-refractivity contribution in [3.8, 4) is 0 Å². The van der Waals surface area contributed by atoms with Crippen LogP contribution in [0.15, 0.2) is 42.5 Å². The number of fused-ring (bicyclic) bond motifs is 4. The van der Waals surface area contributed by atoms with Crippen molar-refractivity contribution in [3.05, 3.63) is 70.3 Å². The van der Waals surface area contributed by atoms with Gasteiger partial charge in [-0.1, -0.05) is 42.8 Å². The molecule has 0 spiro atoms. The number of likely N-dealkylation sites (tertiary alicyclic amines) is 1. The number of carbonyl (C=O) groups excluding carboxylic acids is 1. The lowest BCUT2D eigenvalue weighted by Crippen LogP contribution is -2.67. The Labute approximate surface area is 154 Å². The van der Waals surface area contributed by atoms with Gasteiger partial charge >= 0.3 is 0 Å². The highest BCUT2D eigenvalue weighted by atomic mass is 16.3. The molecular formula is C22H26N2O2. The quantitative estimate of drug-likeness (QED) is 0.874. The molecule has 4 nitrogen and oxygen atoms in total. The summed E-state index contributed by atoms with van der Waals surface area (Å²) in [7, 11) is 2.08. The number of piperidine rings is 1. The van der Waals surface area contributed by atoms with Gasteiger partial charge in [0.05, 0.1) is 0 Å². The molecule has 4 rings (SSSR count). The van der Waals surface area contributed by atoms with Gasteiger partial charge in [0, 0.05) is 17.0 Å². The van der Waals surface area contributed by atoms with Crippen LogP contribution in [0.25, 0.3) is 0 Å². The first kappa shape index (κ1) is 17.3. The van der Waals surface area contributed by atoms with Crippen molar-refractivity contribution in [2.45, 2.75) is 43.7 Å². The van der Waals surface area contributed by atoms with Crippen molar-refractivity contribution in [2.24, 2.45) is 5.73 Å². The maximum Gasteiger partial charge on any atom is 0.248 e. The Balaban J connectivity index is 1.97. The molecule has 2 bridgehead atoms. The highest BCUT2D eigenvalue weighted by molar-refractivity contribution is 5.93. The number of amides is 1. The average molecular weight is 350 g/mol. The van der Waals surface area contributed by atoms with E-state index in [1.54, 1.807) is 12.1 Å². The third-order valence-corrected chi connectivity index (χ3v) is 6.68. The number of nitrogens with two attached hydrogens (primary N) is 1. The number of rotatable bonds is 2. The Bertz CT molecular complexity index is 893. The van der Waals surface area contributed by atoms with Crippen LogP contribution in [-0.2, 0) is 17.4 Å². The number of primary amides is 1. The van der Waals surface area contributed by atoms with Crippen molar-refractivity contribution < 1.29 is 9.90 Å². The summed E-state index contributed by atoms with van der Waals surface area (Å²) in [4.78, 5) is 14.0. The van der Waals surface area contributed by atoms with Gasteiger partial charge in [0.2, 0.25) is 5.91 Å². The molecule has 1 fully saturated rings. The zero-order valence-corrected chi connectivity index (χ0v) is 15.6. The number of likely N-dealkylation sites (N-methyl/N-ethyl adjacent to an activating group) is 1. The zero-order valence-electron chi connectivity index (χ0n) is 15.6. The van der Waals surface area contributed by atoms with E-state index >= 15 is 0 Å². The number of aryl methyl sites for hydroxylation is 1. The Morgan fingerprint density at radius 3 is 2.77 bits per heavy atom.